The van der Waals surface area contributed by atoms with E-state index in [9.17, 15) is 19.8 Å². The highest BCUT2D eigenvalue weighted by Crippen LogP contribution is 2.41. The van der Waals surface area contributed by atoms with Crippen molar-refractivity contribution in [1.29, 1.82) is 0 Å². The van der Waals surface area contributed by atoms with Crippen molar-refractivity contribution in [2.24, 2.45) is 5.92 Å². The largest absolute Gasteiger partial charge is 0.507 e. The summed E-state index contributed by atoms with van der Waals surface area (Å²) in [6.45, 7) is 13.6. The Morgan fingerprint density at radius 3 is 2.41 bits per heavy atom. The number of pyridine rings is 1. The van der Waals surface area contributed by atoms with Crippen LogP contribution in [0, 0.1) is 12.8 Å². The number of anilines is 3. The van der Waals surface area contributed by atoms with E-state index < -0.39 is 18.1 Å². The van der Waals surface area contributed by atoms with Crippen molar-refractivity contribution in [2.45, 2.75) is 140 Å². The molecule has 11 rings (SSSR count). The Morgan fingerprint density at radius 2 is 1.68 bits per heavy atom. The molecule has 4 aliphatic heterocycles. The predicted molar refractivity (Wildman–Crippen MR) is 296 cm³/mol. The summed E-state index contributed by atoms with van der Waals surface area (Å²) >= 11 is 1.59. The van der Waals surface area contributed by atoms with Crippen molar-refractivity contribution in [1.82, 2.24) is 40.4 Å². The third-order valence-corrected chi connectivity index (χ3v) is 17.5. The number of piperazine rings is 1. The summed E-state index contributed by atoms with van der Waals surface area (Å²) in [6.07, 6.45) is 7.14. The molecule has 0 spiro atoms. The lowest BCUT2D eigenvalue weighted by atomic mass is 9.91. The fourth-order valence-electron chi connectivity index (χ4n) is 12.3. The molecule has 4 saturated heterocycles. The molecule has 8 atom stereocenters. The number of rotatable bonds is 18. The summed E-state index contributed by atoms with van der Waals surface area (Å²) in [7, 11) is 0. The Kier molecular flexibility index (Phi) is 15.6. The molecule has 2 amide bonds. The molecule has 20 heteroatoms. The number of fused-ring (bicyclic) bond motifs is 2. The van der Waals surface area contributed by atoms with Gasteiger partial charge in [-0.15, -0.1) is 21.5 Å². The van der Waals surface area contributed by atoms with Crippen LogP contribution < -0.4 is 30.3 Å². The number of nitrogens with zero attached hydrogens (tertiary/aromatic N) is 9. The van der Waals surface area contributed by atoms with Crippen LogP contribution in [-0.2, 0) is 14.3 Å². The molecule has 8 heterocycles. The normalized spacial score (nSPS) is 25.0. The first-order chi connectivity index (χ1) is 37.7. The van der Waals surface area contributed by atoms with E-state index in [1.807, 2.05) is 81.9 Å². The summed E-state index contributed by atoms with van der Waals surface area (Å²) in [5, 5.41) is 37.0. The number of nitrogen functional groups attached to an aromatic ring is 1. The van der Waals surface area contributed by atoms with E-state index >= 15 is 0 Å². The van der Waals surface area contributed by atoms with Crippen LogP contribution in [-0.4, -0.2) is 145 Å². The molecule has 412 valence electrons. The quantitative estimate of drug-likeness (QED) is 0.0651. The first kappa shape index (κ1) is 53.1. The number of carbonyl (C=O) groups is 2. The van der Waals surface area contributed by atoms with Gasteiger partial charge in [-0.25, -0.2) is 9.97 Å². The number of benzene rings is 2. The average molecular weight is 1080 g/mol. The zero-order chi connectivity index (χ0) is 54.2. The smallest absolute Gasteiger partial charge is 0.254 e. The van der Waals surface area contributed by atoms with Crippen molar-refractivity contribution in [2.75, 3.05) is 54.9 Å². The molecule has 2 unspecified atom stereocenters. The Morgan fingerprint density at radius 1 is 0.897 bits per heavy atom. The molecule has 6 aromatic rings. The van der Waals surface area contributed by atoms with Gasteiger partial charge in [0.25, 0.3) is 5.88 Å². The number of phenols is 1. The number of nitrogens with two attached hydrogens (primary N) is 1. The third kappa shape index (κ3) is 11.4. The first-order valence-corrected chi connectivity index (χ1v) is 28.5. The van der Waals surface area contributed by atoms with Crippen molar-refractivity contribution < 1.29 is 38.5 Å². The number of β-amino-alcohol motifs (C(OH)–C–C–N with tert-alkyl or cyclic N) is 1. The van der Waals surface area contributed by atoms with Crippen LogP contribution in [0.5, 0.6) is 17.5 Å². The van der Waals surface area contributed by atoms with Gasteiger partial charge in [0.05, 0.1) is 51.8 Å². The fraction of sp³-hybridized carbons (Fsp3) is 0.500. The molecule has 1 aliphatic carbocycles. The van der Waals surface area contributed by atoms with Crippen molar-refractivity contribution in [3.05, 3.63) is 102 Å². The molecule has 2 aromatic carbocycles. The zero-order valence-electron chi connectivity index (χ0n) is 45.0. The van der Waals surface area contributed by atoms with Crippen LogP contribution in [0.4, 0.5) is 17.2 Å². The number of hydrogen-bond acceptors (Lipinski definition) is 18. The zero-order valence-corrected chi connectivity index (χ0v) is 45.8. The van der Waals surface area contributed by atoms with E-state index in [0.29, 0.717) is 53.8 Å². The van der Waals surface area contributed by atoms with Gasteiger partial charge < -0.3 is 54.7 Å². The first-order valence-electron chi connectivity index (χ1n) is 27.6. The Labute approximate surface area is 459 Å². The van der Waals surface area contributed by atoms with Crippen molar-refractivity contribution in [3.63, 3.8) is 0 Å². The molecule has 5 N–H and O–H groups in total. The summed E-state index contributed by atoms with van der Waals surface area (Å²) in [4.78, 5) is 46.8. The van der Waals surface area contributed by atoms with Crippen LogP contribution >= 0.6 is 11.3 Å². The summed E-state index contributed by atoms with van der Waals surface area (Å²) in [6, 6.07) is 22.7. The Hall–Kier alpha value is -6.87. The van der Waals surface area contributed by atoms with Crippen LogP contribution in [0.1, 0.15) is 102 Å². The number of phenolic OH excluding ortho intramolecular Hbond substituents is 1. The van der Waals surface area contributed by atoms with E-state index in [0.717, 1.165) is 91.2 Å². The molecular formula is C58H71N11O8S. The highest BCUT2D eigenvalue weighted by Gasteiger charge is 2.45. The standard InChI is InChI=1S/C58H71N11O8S/c1-33(2)54(58(73)68-31-42(70)24-49(68)57(72)62-35(4)37-10-12-38(13-11-37)55-36(5)61-32-78-55)51-28-53(65-77-51)74-21-20-66-19-17-43(22-34(66)3)75-44-25-45(26-44)76-52-23-39(16-18-60-52)69-40-14-15-41(69)30-67(29-40)48-27-47(63-64-56(48)59)46-8-6-7-9-50(46)71/h6-13,16,18,23,27-28,32-35,40-45,49,54,70-71H,14-15,17,19-22,24-26,29-31H2,1-5H3,(H2,59,64)(H,62,72)/t34-,35+,40?,41?,42-,43+,44?,45?,49+,54-/m1/s1. The second-order valence-corrected chi connectivity index (χ2v) is 23.1. The van der Waals surface area contributed by atoms with Gasteiger partial charge in [-0.05, 0) is 92.9 Å². The maximum absolute atomic E-state index is 14.3. The number of ether oxygens (including phenoxy) is 3. The van der Waals surface area contributed by atoms with Gasteiger partial charge in [0.1, 0.15) is 30.4 Å². The highest BCUT2D eigenvalue weighted by molar-refractivity contribution is 7.13. The number of aliphatic hydroxyl groups is 1. The number of piperidine rings is 1. The molecule has 5 aliphatic rings. The summed E-state index contributed by atoms with van der Waals surface area (Å²) in [5.74, 6) is 0.322. The average Bonchev–Trinajstić information content (AvgIpc) is 4.31. The van der Waals surface area contributed by atoms with E-state index in [4.69, 9.17) is 24.5 Å². The second-order valence-electron chi connectivity index (χ2n) is 22.2. The summed E-state index contributed by atoms with van der Waals surface area (Å²) in [5.41, 5.74) is 14.4. The number of carbonyl (C=O) groups excluding carboxylic acids is 2. The predicted octanol–water partition coefficient (Wildman–Crippen LogP) is 7.54. The topological polar surface area (TPSA) is 231 Å². The van der Waals surface area contributed by atoms with Gasteiger partial charge in [0.15, 0.2) is 11.6 Å². The molecule has 1 saturated carbocycles. The number of aromatic nitrogens is 5. The number of amides is 2. The van der Waals surface area contributed by atoms with Gasteiger partial charge in [-0.2, -0.15) is 0 Å². The minimum absolute atomic E-state index is 0.0488. The number of aromatic hydroxyl groups is 1. The molecule has 2 bridgehead atoms. The lowest BCUT2D eigenvalue weighted by Crippen LogP contribution is -2.54. The Bertz CT molecular complexity index is 3050. The number of hydrogen-bond donors (Lipinski definition) is 4. The number of aliphatic hydroxyl groups excluding tert-OH is 1. The monoisotopic (exact) mass is 1080 g/mol. The lowest BCUT2D eigenvalue weighted by Gasteiger charge is -2.43. The van der Waals surface area contributed by atoms with E-state index in [2.05, 4.69) is 64.4 Å². The number of para-hydroxylation sites is 1. The van der Waals surface area contributed by atoms with Gasteiger partial charge in [-0.3, -0.25) is 14.5 Å². The number of aryl methyl sites for hydroxylation is 1. The molecule has 4 aromatic heterocycles. The van der Waals surface area contributed by atoms with E-state index in [-0.39, 0.29) is 72.9 Å². The molecular weight excluding hydrogens is 1010 g/mol. The maximum atomic E-state index is 14.3. The van der Waals surface area contributed by atoms with E-state index in [1.165, 1.54) is 4.90 Å². The second kappa shape index (κ2) is 22.8. The third-order valence-electron chi connectivity index (χ3n) is 16.5. The number of likely N-dealkylation sites (tertiary alicyclic amines) is 2. The van der Waals surface area contributed by atoms with Crippen LogP contribution in [0.2, 0.25) is 0 Å². The van der Waals surface area contributed by atoms with Crippen molar-refractivity contribution in [3.8, 4) is 39.2 Å². The van der Waals surface area contributed by atoms with Crippen molar-refractivity contribution >= 4 is 40.3 Å². The summed E-state index contributed by atoms with van der Waals surface area (Å²) < 4.78 is 24.9. The minimum atomic E-state index is -0.832. The molecule has 19 nitrogen and oxygen atoms in total. The molecule has 0 radical (unpaired) electrons. The number of thiazole rings is 1. The molecule has 78 heavy (non-hydrogen) atoms. The van der Waals surface area contributed by atoms with Gasteiger partial charge in [0.2, 0.25) is 17.7 Å². The SMILES string of the molecule is Cc1ncsc1-c1ccc([C@H](C)NC(=O)[C@@H]2C[C@@H](O)CN2C(=O)[C@@H](c2cc(OCCN3CC[C@H](OC4CC(Oc5cc(N6C7CCC6CN(c6cc(-c8ccccc8O)nnc6N)C7)ccn5)C4)C[C@H]3C)no2)C(C)C)cc1. The highest BCUT2D eigenvalue weighted by atomic mass is 32.1. The van der Waals surface area contributed by atoms with Crippen LogP contribution in [0.3, 0.4) is 0 Å². The van der Waals surface area contributed by atoms with Gasteiger partial charge in [-0.1, -0.05) is 50.2 Å². The van der Waals surface area contributed by atoms with Gasteiger partial charge >= 0.3 is 0 Å². The Balaban J connectivity index is 0.610. The lowest BCUT2D eigenvalue weighted by molar-refractivity contribution is -0.141. The van der Waals surface area contributed by atoms with Crippen LogP contribution in [0.15, 0.2) is 89.0 Å². The number of nitrogens with one attached hydrogen (secondary N) is 1. The minimum Gasteiger partial charge on any atom is -0.507 e. The van der Waals surface area contributed by atoms with Crippen LogP contribution in [0.25, 0.3) is 21.7 Å². The fourth-order valence-corrected chi connectivity index (χ4v) is 13.1. The van der Waals surface area contributed by atoms with E-state index in [1.54, 1.807) is 29.5 Å². The molecule has 5 fully saturated rings. The maximum Gasteiger partial charge on any atom is 0.254 e. The van der Waals surface area contributed by atoms with Gasteiger partial charge in [0, 0.05) is 99.7 Å².